The molecular weight excluding hydrogens is 687 g/mol. The first-order valence-corrected chi connectivity index (χ1v) is 20.4. The highest BCUT2D eigenvalue weighted by Crippen LogP contribution is 2.58. The Morgan fingerprint density at radius 1 is 0.368 bits per heavy atom. The van der Waals surface area contributed by atoms with Crippen LogP contribution in [0.4, 0.5) is 17.1 Å². The van der Waals surface area contributed by atoms with E-state index in [1.165, 1.54) is 82.9 Å². The van der Waals surface area contributed by atoms with Crippen molar-refractivity contribution in [2.24, 2.45) is 0 Å². The highest BCUT2D eigenvalue weighted by atomic mass is 15.1. The zero-order valence-electron chi connectivity index (χ0n) is 33.0. The first-order chi connectivity index (χ1) is 28.0. The van der Waals surface area contributed by atoms with E-state index in [0.29, 0.717) is 0 Å². The number of benzene rings is 9. The average molecular weight is 732 g/mol. The van der Waals surface area contributed by atoms with Crippen LogP contribution in [-0.2, 0) is 10.8 Å². The fourth-order valence-electron chi connectivity index (χ4n) is 10.1. The molecule has 0 bridgehead atoms. The number of nitrogens with zero attached hydrogens (tertiary/aromatic N) is 1. The van der Waals surface area contributed by atoms with Crippen molar-refractivity contribution >= 4 is 38.6 Å². The van der Waals surface area contributed by atoms with Crippen LogP contribution in [0, 0.1) is 0 Å². The monoisotopic (exact) mass is 731 g/mol. The van der Waals surface area contributed by atoms with Crippen LogP contribution in [0.15, 0.2) is 200 Å². The van der Waals surface area contributed by atoms with E-state index >= 15 is 0 Å². The molecule has 0 amide bonds. The average Bonchev–Trinajstić information content (AvgIpc) is 3.70. The van der Waals surface area contributed by atoms with Crippen LogP contribution >= 0.6 is 0 Å². The Morgan fingerprint density at radius 3 is 1.54 bits per heavy atom. The summed E-state index contributed by atoms with van der Waals surface area (Å²) in [6.45, 7) is 8.75. The number of hydrogen-bond acceptors (Lipinski definition) is 1. The lowest BCUT2D eigenvalue weighted by Gasteiger charge is -2.35. The lowest BCUT2D eigenvalue weighted by atomic mass is 9.67. The Morgan fingerprint density at radius 2 is 0.860 bits per heavy atom. The van der Waals surface area contributed by atoms with Gasteiger partial charge in [-0.15, -0.1) is 0 Å². The second-order valence-corrected chi connectivity index (χ2v) is 15.7. The highest BCUT2D eigenvalue weighted by Gasteiger charge is 2.46. The summed E-state index contributed by atoms with van der Waals surface area (Å²) >= 11 is 0. The van der Waals surface area contributed by atoms with Gasteiger partial charge >= 0.3 is 0 Å². The Balaban J connectivity index is 0.00000195. The predicted molar refractivity (Wildman–Crippen MR) is 242 cm³/mol. The van der Waals surface area contributed by atoms with Crippen molar-refractivity contribution in [3.05, 3.63) is 234 Å². The molecule has 1 heteroatoms. The lowest BCUT2D eigenvalue weighted by molar-refractivity contribution is 0.660. The van der Waals surface area contributed by atoms with Crippen molar-refractivity contribution in [3.8, 4) is 22.3 Å². The molecule has 0 N–H and O–H groups in total. The zero-order chi connectivity index (χ0) is 38.7. The van der Waals surface area contributed by atoms with Gasteiger partial charge in [0.05, 0.1) is 11.1 Å². The van der Waals surface area contributed by atoms with E-state index in [1.54, 1.807) is 0 Å². The van der Waals surface area contributed by atoms with Crippen molar-refractivity contribution < 1.29 is 0 Å². The molecule has 0 saturated carbocycles. The van der Waals surface area contributed by atoms with E-state index in [4.69, 9.17) is 0 Å². The summed E-state index contributed by atoms with van der Waals surface area (Å²) in [7, 11) is 0. The maximum atomic E-state index is 2.53. The Kier molecular flexibility index (Phi) is 8.23. The fraction of sp³-hybridized carbons (Fsp3) is 0.107. The minimum Gasteiger partial charge on any atom is -0.310 e. The van der Waals surface area contributed by atoms with Gasteiger partial charge in [0, 0.05) is 22.2 Å². The lowest BCUT2D eigenvalue weighted by Crippen LogP contribution is -2.28. The van der Waals surface area contributed by atoms with E-state index in [-0.39, 0.29) is 5.41 Å². The first-order valence-electron chi connectivity index (χ1n) is 20.4. The predicted octanol–water partition coefficient (Wildman–Crippen LogP) is 15.2. The Hall–Kier alpha value is -6.70. The van der Waals surface area contributed by atoms with Crippen LogP contribution in [0.25, 0.3) is 43.8 Å². The van der Waals surface area contributed by atoms with Gasteiger partial charge < -0.3 is 4.90 Å². The minimum absolute atomic E-state index is 0.131. The van der Waals surface area contributed by atoms with Gasteiger partial charge in [-0.2, -0.15) is 0 Å². The normalized spacial score (nSPS) is 13.9. The molecule has 0 heterocycles. The summed E-state index contributed by atoms with van der Waals surface area (Å²) in [4.78, 5) is 2.53. The molecule has 0 fully saturated rings. The first kappa shape index (κ1) is 34.8. The molecule has 274 valence electrons. The maximum absolute atomic E-state index is 2.53. The molecule has 2 aliphatic carbocycles. The smallest absolute Gasteiger partial charge is 0.0714 e. The molecule has 57 heavy (non-hydrogen) atoms. The van der Waals surface area contributed by atoms with Crippen molar-refractivity contribution in [2.75, 3.05) is 4.90 Å². The summed E-state index contributed by atoms with van der Waals surface area (Å²) in [6.07, 6.45) is 0. The van der Waals surface area contributed by atoms with Crippen LogP contribution in [0.1, 0.15) is 61.1 Å². The molecule has 1 nitrogen and oxygen atoms in total. The molecule has 0 saturated heterocycles. The van der Waals surface area contributed by atoms with Crippen molar-refractivity contribution in [3.63, 3.8) is 0 Å². The summed E-state index contributed by atoms with van der Waals surface area (Å²) in [6, 6.07) is 74.6. The van der Waals surface area contributed by atoms with Crippen LogP contribution in [0.2, 0.25) is 0 Å². The van der Waals surface area contributed by atoms with Crippen LogP contribution in [0.3, 0.4) is 0 Å². The van der Waals surface area contributed by atoms with Crippen LogP contribution < -0.4 is 4.90 Å². The number of fused-ring (bicyclic) bond motifs is 9. The minimum atomic E-state index is -0.497. The Labute approximate surface area is 336 Å². The topological polar surface area (TPSA) is 3.24 Å². The largest absolute Gasteiger partial charge is 0.310 e. The molecule has 9 aromatic rings. The SMILES string of the molecule is CC.CC1(C)c2ccccc2-c2ccc(N(c3ccc4c(c3)C(c3ccccc3)(c3ccccc3)c3ccccc3-4)c3cccc4ccc5ccccc5c34)cc21. The summed E-state index contributed by atoms with van der Waals surface area (Å²) in [5, 5.41) is 4.98. The van der Waals surface area contributed by atoms with Gasteiger partial charge in [-0.05, 0) is 102 Å². The maximum Gasteiger partial charge on any atom is 0.0714 e. The van der Waals surface area contributed by atoms with Crippen molar-refractivity contribution in [2.45, 2.75) is 38.5 Å². The number of rotatable bonds is 5. The molecule has 0 spiro atoms. The van der Waals surface area contributed by atoms with E-state index < -0.39 is 5.41 Å². The van der Waals surface area contributed by atoms with Crippen molar-refractivity contribution in [1.29, 1.82) is 0 Å². The number of anilines is 3. The fourth-order valence-corrected chi connectivity index (χ4v) is 10.1. The highest BCUT2D eigenvalue weighted by molar-refractivity contribution is 6.15. The summed E-state index contributed by atoms with van der Waals surface area (Å²) < 4.78 is 0. The quantitative estimate of drug-likeness (QED) is 0.159. The van der Waals surface area contributed by atoms with E-state index in [9.17, 15) is 0 Å². The van der Waals surface area contributed by atoms with E-state index in [2.05, 4.69) is 219 Å². The standard InChI is InChI=1S/C54H39N.C2H6/c1-53(2)47-25-13-11-23-43(47)45-32-30-40(34-49(45)53)55(51-27-15-17-37-29-28-36-16-9-10-22-42(36)52(37)51)41-31-33-46-44-24-12-14-26-48(44)54(50(46)35-41,38-18-5-3-6-19-38)39-20-7-4-8-21-39;1-2/h3-35H,1-2H3;1-2H3. The van der Waals surface area contributed by atoms with E-state index in [0.717, 1.165) is 11.4 Å². The molecule has 0 atom stereocenters. The third-order valence-electron chi connectivity index (χ3n) is 12.5. The van der Waals surface area contributed by atoms with Gasteiger partial charge in [-0.25, -0.2) is 0 Å². The zero-order valence-corrected chi connectivity index (χ0v) is 33.0. The van der Waals surface area contributed by atoms with Gasteiger partial charge in [0.25, 0.3) is 0 Å². The molecule has 0 unspecified atom stereocenters. The molecule has 0 aliphatic heterocycles. The second kappa shape index (κ2) is 13.5. The van der Waals surface area contributed by atoms with Crippen LogP contribution in [-0.4, -0.2) is 0 Å². The number of hydrogen-bond donors (Lipinski definition) is 0. The molecule has 11 rings (SSSR count). The third kappa shape index (κ3) is 5.08. The second-order valence-electron chi connectivity index (χ2n) is 15.7. The molecule has 0 radical (unpaired) electrons. The van der Waals surface area contributed by atoms with E-state index in [1.807, 2.05) is 13.8 Å². The molecule has 9 aromatic carbocycles. The third-order valence-corrected chi connectivity index (χ3v) is 12.5. The summed E-state index contributed by atoms with van der Waals surface area (Å²) in [5.41, 5.74) is 16.0. The molecular formula is C56H45N. The molecule has 2 aliphatic rings. The molecule has 0 aromatic heterocycles. The summed E-state index contributed by atoms with van der Waals surface area (Å²) in [5.74, 6) is 0. The van der Waals surface area contributed by atoms with Gasteiger partial charge in [0.1, 0.15) is 0 Å². The van der Waals surface area contributed by atoms with Crippen molar-refractivity contribution in [1.82, 2.24) is 0 Å². The van der Waals surface area contributed by atoms with Crippen LogP contribution in [0.5, 0.6) is 0 Å². The Bertz CT molecular complexity index is 2920. The van der Waals surface area contributed by atoms with Gasteiger partial charge in [-0.1, -0.05) is 198 Å². The van der Waals surface area contributed by atoms with Gasteiger partial charge in [0.2, 0.25) is 0 Å². The van der Waals surface area contributed by atoms with Gasteiger partial charge in [-0.3, -0.25) is 0 Å². The van der Waals surface area contributed by atoms with Gasteiger partial charge in [0.15, 0.2) is 0 Å².